The van der Waals surface area contributed by atoms with Crippen LogP contribution in [0.4, 0.5) is 5.82 Å². The van der Waals surface area contributed by atoms with Gasteiger partial charge in [-0.05, 0) is 6.42 Å². The van der Waals surface area contributed by atoms with Gasteiger partial charge in [0.25, 0.3) is 0 Å². The molecule has 1 fully saturated rings. The van der Waals surface area contributed by atoms with Crippen molar-refractivity contribution in [2.24, 2.45) is 0 Å². The molecule has 0 aliphatic carbocycles. The highest BCUT2D eigenvalue weighted by molar-refractivity contribution is 5.81. The van der Waals surface area contributed by atoms with Crippen molar-refractivity contribution in [2.75, 3.05) is 5.73 Å². The molecule has 102 valence electrons. The van der Waals surface area contributed by atoms with Crippen LogP contribution in [0.2, 0.25) is 0 Å². The van der Waals surface area contributed by atoms with Crippen molar-refractivity contribution < 1.29 is 14.9 Å². The van der Waals surface area contributed by atoms with Crippen molar-refractivity contribution >= 4 is 17.0 Å². The van der Waals surface area contributed by atoms with E-state index in [4.69, 9.17) is 10.5 Å². The predicted molar refractivity (Wildman–Crippen MR) is 66.0 cm³/mol. The average Bonchev–Trinajstić information content (AvgIpc) is 2.94. The lowest BCUT2D eigenvalue weighted by Crippen LogP contribution is -2.31. The third-order valence-corrected chi connectivity index (χ3v) is 3.40. The minimum atomic E-state index is -1.03. The molecule has 8 nitrogen and oxygen atoms in total. The van der Waals surface area contributed by atoms with Crippen LogP contribution in [0.3, 0.4) is 0 Å². The fourth-order valence-corrected chi connectivity index (χ4v) is 2.35. The van der Waals surface area contributed by atoms with Gasteiger partial charge in [-0.1, -0.05) is 6.92 Å². The van der Waals surface area contributed by atoms with E-state index in [0.717, 1.165) is 0 Å². The van der Waals surface area contributed by atoms with Gasteiger partial charge in [0.2, 0.25) is 0 Å². The molecule has 1 aliphatic rings. The first kappa shape index (κ1) is 12.3. The summed E-state index contributed by atoms with van der Waals surface area (Å²) in [5.74, 6) is 0.267. The third kappa shape index (κ3) is 1.76. The molecule has 1 aliphatic heterocycles. The Morgan fingerprint density at radius 2 is 2.11 bits per heavy atom. The number of aromatic nitrogens is 4. The fourth-order valence-electron chi connectivity index (χ4n) is 2.35. The quantitative estimate of drug-likeness (QED) is 0.665. The van der Waals surface area contributed by atoms with Gasteiger partial charge in [-0.15, -0.1) is 0 Å². The summed E-state index contributed by atoms with van der Waals surface area (Å²) in [6, 6.07) is 0. The van der Waals surface area contributed by atoms with Crippen LogP contribution in [-0.4, -0.2) is 48.0 Å². The molecular formula is C11H15N5O3. The molecule has 0 bridgehead atoms. The predicted octanol–water partition coefficient (Wildman–Crippen LogP) is -0.562. The lowest BCUT2D eigenvalue weighted by atomic mass is 10.1. The molecule has 0 amide bonds. The highest BCUT2D eigenvalue weighted by Crippen LogP contribution is 2.32. The van der Waals surface area contributed by atoms with Crippen LogP contribution in [0.1, 0.15) is 19.6 Å². The first-order valence-corrected chi connectivity index (χ1v) is 6.08. The summed E-state index contributed by atoms with van der Waals surface area (Å²) in [5.41, 5.74) is 6.63. The molecule has 4 atom stereocenters. The molecular weight excluding hydrogens is 250 g/mol. The van der Waals surface area contributed by atoms with Crippen LogP contribution >= 0.6 is 0 Å². The van der Waals surface area contributed by atoms with Crippen LogP contribution in [0.25, 0.3) is 11.2 Å². The average molecular weight is 265 g/mol. The number of fused-ring (bicyclic) bond motifs is 1. The highest BCUT2D eigenvalue weighted by atomic mass is 16.6. The van der Waals surface area contributed by atoms with E-state index < -0.39 is 24.5 Å². The van der Waals surface area contributed by atoms with Gasteiger partial charge in [-0.25, -0.2) is 15.0 Å². The zero-order valence-electron chi connectivity index (χ0n) is 10.3. The Labute approximate surface area is 108 Å². The maximum Gasteiger partial charge on any atom is 0.167 e. The SMILES string of the molecule is CCC1OC(n2cnc3c(N)ncnc32)C(O)C1O. The monoisotopic (exact) mass is 265 g/mol. The van der Waals surface area contributed by atoms with Gasteiger partial charge >= 0.3 is 0 Å². The van der Waals surface area contributed by atoms with Crippen LogP contribution < -0.4 is 5.73 Å². The van der Waals surface area contributed by atoms with Crippen LogP contribution in [0.15, 0.2) is 12.7 Å². The molecule has 3 heterocycles. The van der Waals surface area contributed by atoms with Crippen molar-refractivity contribution in [1.29, 1.82) is 0 Å². The zero-order chi connectivity index (χ0) is 13.6. The first-order chi connectivity index (χ1) is 9.13. The number of aliphatic hydroxyl groups excluding tert-OH is 2. The molecule has 0 radical (unpaired) electrons. The second-order valence-electron chi connectivity index (χ2n) is 4.54. The molecule has 3 rings (SSSR count). The van der Waals surface area contributed by atoms with Crippen molar-refractivity contribution in [1.82, 2.24) is 19.5 Å². The maximum atomic E-state index is 10.1. The Hall–Kier alpha value is -1.77. The molecule has 0 spiro atoms. The third-order valence-electron chi connectivity index (χ3n) is 3.40. The number of nitrogens with two attached hydrogens (primary N) is 1. The van der Waals surface area contributed by atoms with Crippen molar-refractivity contribution in [2.45, 2.75) is 37.9 Å². The molecule has 0 aromatic carbocycles. The number of nitrogens with zero attached hydrogens (tertiary/aromatic N) is 4. The van der Waals surface area contributed by atoms with E-state index in [-0.39, 0.29) is 5.82 Å². The van der Waals surface area contributed by atoms with E-state index in [9.17, 15) is 10.2 Å². The van der Waals surface area contributed by atoms with Crippen molar-refractivity contribution in [3.8, 4) is 0 Å². The van der Waals surface area contributed by atoms with Gasteiger partial charge < -0.3 is 20.7 Å². The number of imidazole rings is 1. The Kier molecular flexibility index (Phi) is 2.85. The molecule has 2 aromatic rings. The minimum absolute atomic E-state index is 0.267. The topological polar surface area (TPSA) is 119 Å². The van der Waals surface area contributed by atoms with Crippen LogP contribution in [-0.2, 0) is 4.74 Å². The Balaban J connectivity index is 2.04. The summed E-state index contributed by atoms with van der Waals surface area (Å²) in [6.45, 7) is 1.88. The number of anilines is 1. The zero-order valence-corrected chi connectivity index (χ0v) is 10.3. The maximum absolute atomic E-state index is 10.1. The van der Waals surface area contributed by atoms with Crippen molar-refractivity contribution in [3.05, 3.63) is 12.7 Å². The first-order valence-electron chi connectivity index (χ1n) is 6.08. The second kappa shape index (κ2) is 4.41. The Morgan fingerprint density at radius 3 is 2.79 bits per heavy atom. The molecule has 1 saturated heterocycles. The van der Waals surface area contributed by atoms with E-state index in [1.165, 1.54) is 12.7 Å². The van der Waals surface area contributed by atoms with Gasteiger partial charge in [0.1, 0.15) is 24.1 Å². The van der Waals surface area contributed by atoms with E-state index in [0.29, 0.717) is 17.6 Å². The molecule has 4 N–H and O–H groups in total. The normalized spacial score (nSPS) is 31.1. The molecule has 4 unspecified atom stereocenters. The van der Waals surface area contributed by atoms with Crippen molar-refractivity contribution in [3.63, 3.8) is 0 Å². The van der Waals surface area contributed by atoms with Crippen LogP contribution in [0, 0.1) is 0 Å². The summed E-state index contributed by atoms with van der Waals surface area (Å²) >= 11 is 0. The Morgan fingerprint density at radius 1 is 1.32 bits per heavy atom. The van der Waals surface area contributed by atoms with E-state index in [2.05, 4.69) is 15.0 Å². The Bertz CT molecular complexity index is 601. The number of nitrogen functional groups attached to an aromatic ring is 1. The van der Waals surface area contributed by atoms with E-state index in [1.807, 2.05) is 6.92 Å². The second-order valence-corrected chi connectivity index (χ2v) is 4.54. The van der Waals surface area contributed by atoms with Gasteiger partial charge in [0.05, 0.1) is 12.4 Å². The summed E-state index contributed by atoms with van der Waals surface area (Å²) in [5, 5.41) is 19.9. The lowest BCUT2D eigenvalue weighted by molar-refractivity contribution is -0.0355. The fraction of sp³-hybridized carbons (Fsp3) is 0.545. The number of hydrogen-bond donors (Lipinski definition) is 3. The standard InChI is InChI=1S/C11H15N5O3/c1-2-5-7(17)8(18)11(19-5)16-4-15-6-9(12)13-3-14-10(6)16/h3-5,7-8,11,17-18H,2H2,1H3,(H2,12,13,14). The summed E-state index contributed by atoms with van der Waals surface area (Å²) in [6.07, 6.45) is 0.332. The summed E-state index contributed by atoms with van der Waals surface area (Å²) < 4.78 is 7.22. The molecule has 19 heavy (non-hydrogen) atoms. The number of ether oxygens (including phenoxy) is 1. The number of aliphatic hydroxyl groups is 2. The smallest absolute Gasteiger partial charge is 0.167 e. The summed E-state index contributed by atoms with van der Waals surface area (Å²) in [4.78, 5) is 12.1. The van der Waals surface area contributed by atoms with Gasteiger partial charge in [0.15, 0.2) is 17.7 Å². The van der Waals surface area contributed by atoms with E-state index in [1.54, 1.807) is 4.57 Å². The van der Waals surface area contributed by atoms with E-state index >= 15 is 0 Å². The molecule has 2 aromatic heterocycles. The largest absolute Gasteiger partial charge is 0.388 e. The van der Waals surface area contributed by atoms with Gasteiger partial charge in [-0.3, -0.25) is 4.57 Å². The minimum Gasteiger partial charge on any atom is -0.388 e. The molecule has 8 heteroatoms. The summed E-state index contributed by atoms with van der Waals surface area (Å²) in [7, 11) is 0. The van der Waals surface area contributed by atoms with Gasteiger partial charge in [0, 0.05) is 0 Å². The lowest BCUT2D eigenvalue weighted by Gasteiger charge is -2.16. The highest BCUT2D eigenvalue weighted by Gasteiger charge is 2.43. The van der Waals surface area contributed by atoms with Gasteiger partial charge in [-0.2, -0.15) is 0 Å². The number of rotatable bonds is 2. The number of hydrogen-bond acceptors (Lipinski definition) is 7. The van der Waals surface area contributed by atoms with Crippen LogP contribution in [0.5, 0.6) is 0 Å². The molecule has 0 saturated carbocycles.